The first-order valence-corrected chi connectivity index (χ1v) is 11.2. The number of rotatable bonds is 7. The number of methoxy groups -OCH3 is 2. The molecular weight excluding hydrogens is 462 g/mol. The van der Waals surface area contributed by atoms with Crippen molar-refractivity contribution < 1.29 is 34.1 Å². The van der Waals surface area contributed by atoms with Gasteiger partial charge < -0.3 is 24.6 Å². The van der Waals surface area contributed by atoms with Gasteiger partial charge in [0.25, 0.3) is 11.7 Å². The van der Waals surface area contributed by atoms with Gasteiger partial charge in [-0.3, -0.25) is 9.59 Å². The molecule has 1 atom stereocenters. The van der Waals surface area contributed by atoms with Gasteiger partial charge in [-0.25, -0.2) is 4.79 Å². The van der Waals surface area contributed by atoms with Crippen LogP contribution in [0.2, 0.25) is 0 Å². The third-order valence-electron chi connectivity index (χ3n) is 6.20. The number of ketones is 1. The molecule has 184 valence electrons. The van der Waals surface area contributed by atoms with E-state index in [1.54, 1.807) is 54.6 Å². The molecule has 3 aromatic rings. The van der Waals surface area contributed by atoms with Crippen molar-refractivity contribution in [2.24, 2.45) is 0 Å². The number of carboxylic acid groups (broad SMARTS) is 1. The molecule has 0 saturated carbocycles. The van der Waals surface area contributed by atoms with Crippen molar-refractivity contribution in [3.05, 3.63) is 100 Å². The second-order valence-corrected chi connectivity index (χ2v) is 8.36. The molecule has 1 unspecified atom stereocenters. The maximum Gasteiger partial charge on any atom is 0.335 e. The molecule has 2 N–H and O–H groups in total. The van der Waals surface area contributed by atoms with Crippen LogP contribution in [0.1, 0.15) is 38.7 Å². The normalized spacial score (nSPS) is 16.8. The minimum absolute atomic E-state index is 0.0195. The predicted octanol–water partition coefficient (Wildman–Crippen LogP) is 4.33. The van der Waals surface area contributed by atoms with Gasteiger partial charge in [0, 0.05) is 17.7 Å². The van der Waals surface area contributed by atoms with Gasteiger partial charge >= 0.3 is 5.97 Å². The zero-order chi connectivity index (χ0) is 26.0. The zero-order valence-corrected chi connectivity index (χ0v) is 20.0. The Morgan fingerprint density at radius 2 is 1.53 bits per heavy atom. The van der Waals surface area contributed by atoms with Crippen LogP contribution in [0.25, 0.3) is 5.76 Å². The first-order valence-electron chi connectivity index (χ1n) is 11.2. The van der Waals surface area contributed by atoms with Gasteiger partial charge in [-0.15, -0.1) is 0 Å². The fourth-order valence-electron chi connectivity index (χ4n) is 4.39. The fraction of sp³-hybridized carbons (Fsp3) is 0.179. The number of nitrogens with zero attached hydrogens (tertiary/aromatic N) is 1. The van der Waals surface area contributed by atoms with Crippen molar-refractivity contribution in [1.29, 1.82) is 0 Å². The van der Waals surface area contributed by atoms with Crippen LogP contribution in [0.15, 0.2) is 72.3 Å². The Balaban J connectivity index is 1.86. The molecule has 36 heavy (non-hydrogen) atoms. The van der Waals surface area contributed by atoms with Gasteiger partial charge in [-0.2, -0.15) is 0 Å². The smallest absolute Gasteiger partial charge is 0.335 e. The number of amides is 1. The van der Waals surface area contributed by atoms with Gasteiger partial charge in [0.15, 0.2) is 0 Å². The van der Waals surface area contributed by atoms with Crippen molar-refractivity contribution >= 4 is 23.4 Å². The van der Waals surface area contributed by atoms with Crippen LogP contribution in [-0.4, -0.2) is 47.0 Å². The van der Waals surface area contributed by atoms with E-state index in [0.29, 0.717) is 28.2 Å². The lowest BCUT2D eigenvalue weighted by Crippen LogP contribution is -2.29. The molecular formula is C28H25NO7. The number of Topliss-reactive ketones (excluding diaryl/α,β-unsaturated/α-hetero) is 1. The average Bonchev–Trinajstić information content (AvgIpc) is 3.13. The Kier molecular flexibility index (Phi) is 6.78. The van der Waals surface area contributed by atoms with Crippen LogP contribution in [-0.2, 0) is 16.1 Å². The second kappa shape index (κ2) is 9.95. The van der Waals surface area contributed by atoms with Crippen LogP contribution in [0.5, 0.6) is 11.5 Å². The maximum absolute atomic E-state index is 13.3. The van der Waals surface area contributed by atoms with Crippen molar-refractivity contribution in [1.82, 2.24) is 4.90 Å². The molecule has 8 nitrogen and oxygen atoms in total. The zero-order valence-electron chi connectivity index (χ0n) is 20.0. The molecule has 1 aliphatic rings. The van der Waals surface area contributed by atoms with Crippen LogP contribution in [0.3, 0.4) is 0 Å². The average molecular weight is 488 g/mol. The van der Waals surface area contributed by atoms with Gasteiger partial charge in [0.05, 0.1) is 31.4 Å². The SMILES string of the molecule is COc1ccc(/C(O)=C2\C(=O)C(=O)N(Cc3ccc(C(=O)O)cc3)C2c2ccccc2OC)cc1C. The molecule has 0 spiro atoms. The quantitative estimate of drug-likeness (QED) is 0.290. The Bertz CT molecular complexity index is 1370. The highest BCUT2D eigenvalue weighted by Crippen LogP contribution is 2.43. The third kappa shape index (κ3) is 4.40. The number of benzene rings is 3. The van der Waals surface area contributed by atoms with E-state index in [1.165, 1.54) is 31.3 Å². The highest BCUT2D eigenvalue weighted by atomic mass is 16.5. The standard InChI is InChI=1S/C28H25NO7/c1-16-14-19(12-13-21(16)35-2)25(30)23-24(20-6-4-5-7-22(20)36-3)29(27(32)26(23)31)15-17-8-10-18(11-9-17)28(33)34/h4-14,24,30H,15H2,1-3H3,(H,33,34)/b25-23+. The van der Waals surface area contributed by atoms with E-state index in [-0.39, 0.29) is 23.4 Å². The molecule has 4 rings (SSSR count). The van der Waals surface area contributed by atoms with Gasteiger partial charge in [-0.05, 0) is 54.4 Å². The Morgan fingerprint density at radius 3 is 2.14 bits per heavy atom. The molecule has 1 fully saturated rings. The fourth-order valence-corrected chi connectivity index (χ4v) is 4.39. The maximum atomic E-state index is 13.3. The topological polar surface area (TPSA) is 113 Å². The van der Waals surface area contributed by atoms with Gasteiger partial charge in [-0.1, -0.05) is 30.3 Å². The molecule has 1 aliphatic heterocycles. The first kappa shape index (κ1) is 24.5. The number of carboxylic acids is 1. The number of hydrogen-bond donors (Lipinski definition) is 2. The molecule has 0 bridgehead atoms. The number of likely N-dealkylation sites (tertiary alicyclic amines) is 1. The number of hydrogen-bond acceptors (Lipinski definition) is 6. The second-order valence-electron chi connectivity index (χ2n) is 8.36. The summed E-state index contributed by atoms with van der Waals surface area (Å²) in [7, 11) is 3.03. The molecule has 0 aromatic heterocycles. The third-order valence-corrected chi connectivity index (χ3v) is 6.20. The van der Waals surface area contributed by atoms with E-state index in [9.17, 15) is 24.6 Å². The van der Waals surface area contributed by atoms with E-state index in [2.05, 4.69) is 0 Å². The van der Waals surface area contributed by atoms with Crippen molar-refractivity contribution in [2.45, 2.75) is 19.5 Å². The number of aromatic carboxylic acids is 1. The number of carbonyl (C=O) groups excluding carboxylic acids is 2. The Hall–Kier alpha value is -4.59. The first-order chi connectivity index (χ1) is 17.3. The predicted molar refractivity (Wildman–Crippen MR) is 132 cm³/mol. The van der Waals surface area contributed by atoms with E-state index >= 15 is 0 Å². The minimum atomic E-state index is -1.06. The highest BCUT2D eigenvalue weighted by Gasteiger charge is 2.47. The monoisotopic (exact) mass is 487 g/mol. The number of aryl methyl sites for hydroxylation is 1. The molecule has 0 radical (unpaired) electrons. The number of para-hydroxylation sites is 1. The molecule has 8 heteroatoms. The van der Waals surface area contributed by atoms with Crippen molar-refractivity contribution in [3.8, 4) is 11.5 Å². The lowest BCUT2D eigenvalue weighted by Gasteiger charge is -2.26. The molecule has 1 saturated heterocycles. The summed E-state index contributed by atoms with van der Waals surface area (Å²) in [6.45, 7) is 1.83. The van der Waals surface area contributed by atoms with Crippen LogP contribution >= 0.6 is 0 Å². The summed E-state index contributed by atoms with van der Waals surface area (Å²) < 4.78 is 10.8. The van der Waals surface area contributed by atoms with Gasteiger partial charge in [0.2, 0.25) is 0 Å². The molecule has 0 aliphatic carbocycles. The summed E-state index contributed by atoms with van der Waals surface area (Å²) in [6, 6.07) is 17.1. The van der Waals surface area contributed by atoms with Crippen LogP contribution < -0.4 is 9.47 Å². The minimum Gasteiger partial charge on any atom is -0.507 e. The number of aliphatic hydroxyl groups is 1. The number of carbonyl (C=O) groups is 3. The van der Waals surface area contributed by atoms with E-state index in [4.69, 9.17) is 9.47 Å². The van der Waals surface area contributed by atoms with Crippen LogP contribution in [0, 0.1) is 6.92 Å². The van der Waals surface area contributed by atoms with Crippen molar-refractivity contribution in [2.75, 3.05) is 14.2 Å². The Labute approximate surface area is 208 Å². The molecule has 1 heterocycles. The molecule has 3 aromatic carbocycles. The summed E-state index contributed by atoms with van der Waals surface area (Å²) >= 11 is 0. The summed E-state index contributed by atoms with van der Waals surface area (Å²) in [5.41, 5.74) is 2.34. The molecule has 1 amide bonds. The highest BCUT2D eigenvalue weighted by molar-refractivity contribution is 6.46. The van der Waals surface area contributed by atoms with Crippen LogP contribution in [0.4, 0.5) is 0 Å². The van der Waals surface area contributed by atoms with Gasteiger partial charge in [0.1, 0.15) is 17.3 Å². The van der Waals surface area contributed by atoms with E-state index in [1.807, 2.05) is 6.92 Å². The summed E-state index contributed by atoms with van der Waals surface area (Å²) in [6.07, 6.45) is 0. The summed E-state index contributed by atoms with van der Waals surface area (Å²) in [5, 5.41) is 20.5. The largest absolute Gasteiger partial charge is 0.507 e. The van der Waals surface area contributed by atoms with Crippen molar-refractivity contribution in [3.63, 3.8) is 0 Å². The summed E-state index contributed by atoms with van der Waals surface area (Å²) in [5.74, 6) is -1.89. The van der Waals surface area contributed by atoms with E-state index < -0.39 is 23.7 Å². The Morgan fingerprint density at radius 1 is 0.889 bits per heavy atom. The lowest BCUT2D eigenvalue weighted by atomic mass is 9.94. The van der Waals surface area contributed by atoms with E-state index in [0.717, 1.165) is 5.56 Å². The lowest BCUT2D eigenvalue weighted by molar-refractivity contribution is -0.140. The number of ether oxygens (including phenoxy) is 2. The number of aliphatic hydroxyl groups excluding tert-OH is 1. The summed E-state index contributed by atoms with van der Waals surface area (Å²) in [4.78, 5) is 39.1.